The Hall–Kier alpha value is -0.800. The normalized spacial score (nSPS) is 12.4. The number of alkyl halides is 1. The van der Waals surface area contributed by atoms with Crippen LogP contribution in [0.5, 0.6) is 5.75 Å². The summed E-state index contributed by atoms with van der Waals surface area (Å²) in [5.74, 6) is 0.945. The fourth-order valence-corrected chi connectivity index (χ4v) is 3.56. The van der Waals surface area contributed by atoms with Crippen LogP contribution in [0, 0.1) is 13.8 Å². The summed E-state index contributed by atoms with van der Waals surface area (Å²) < 4.78 is 5.23. The maximum atomic E-state index is 5.23. The van der Waals surface area contributed by atoms with E-state index in [0.29, 0.717) is 4.83 Å². The summed E-state index contributed by atoms with van der Waals surface area (Å²) >= 11 is 5.52. The van der Waals surface area contributed by atoms with E-state index in [4.69, 9.17) is 4.74 Å². The molecule has 1 nitrogen and oxygen atoms in total. The zero-order valence-corrected chi connectivity index (χ0v) is 13.3. The van der Waals surface area contributed by atoms with E-state index in [1.165, 1.54) is 21.6 Å². The summed E-state index contributed by atoms with van der Waals surface area (Å²) in [4.78, 5) is 1.67. The van der Waals surface area contributed by atoms with Gasteiger partial charge in [-0.15, -0.1) is 11.3 Å². The summed E-state index contributed by atoms with van der Waals surface area (Å²) in [5, 5.41) is 2.05. The van der Waals surface area contributed by atoms with E-state index in [1.807, 2.05) is 5.38 Å². The van der Waals surface area contributed by atoms with Crippen LogP contribution in [0.1, 0.15) is 26.4 Å². The average Bonchev–Trinajstić information content (AvgIpc) is 2.82. The summed E-state index contributed by atoms with van der Waals surface area (Å²) in [7, 11) is 1.71. The molecule has 18 heavy (non-hydrogen) atoms. The molecule has 3 heteroatoms. The molecule has 1 unspecified atom stereocenters. The van der Waals surface area contributed by atoms with Gasteiger partial charge in [0.15, 0.2) is 0 Å². The number of rotatable bonds is 4. The molecule has 2 rings (SSSR count). The van der Waals surface area contributed by atoms with Gasteiger partial charge in [0.25, 0.3) is 0 Å². The molecule has 1 aromatic carbocycles. The second-order valence-electron chi connectivity index (χ2n) is 4.49. The molecule has 1 aromatic heterocycles. The Labute approximate surface area is 121 Å². The second kappa shape index (κ2) is 5.89. The van der Waals surface area contributed by atoms with Gasteiger partial charge in [0.2, 0.25) is 0 Å². The third kappa shape index (κ3) is 3.15. The minimum absolute atomic E-state index is 0.354. The third-order valence-corrected chi connectivity index (χ3v) is 5.19. The van der Waals surface area contributed by atoms with Crippen LogP contribution in [0.4, 0.5) is 0 Å². The van der Waals surface area contributed by atoms with Crippen LogP contribution in [0.2, 0.25) is 0 Å². The molecule has 0 spiro atoms. The molecule has 0 aliphatic rings. The van der Waals surface area contributed by atoms with Crippen LogP contribution < -0.4 is 4.74 Å². The van der Waals surface area contributed by atoms with Crippen molar-refractivity contribution in [3.8, 4) is 5.75 Å². The topological polar surface area (TPSA) is 9.23 Å². The summed E-state index contributed by atoms with van der Waals surface area (Å²) in [5.41, 5.74) is 4.08. The minimum atomic E-state index is 0.354. The number of methoxy groups -OCH3 is 1. The molecule has 0 radical (unpaired) electrons. The molecule has 2 aromatic rings. The Bertz CT molecular complexity index is 533. The monoisotopic (exact) mass is 324 g/mol. The first-order valence-corrected chi connectivity index (χ1v) is 7.72. The number of benzene rings is 1. The van der Waals surface area contributed by atoms with Crippen LogP contribution in [0.25, 0.3) is 0 Å². The lowest BCUT2D eigenvalue weighted by atomic mass is 10.0. The largest absolute Gasteiger partial charge is 0.496 e. The zero-order valence-electron chi connectivity index (χ0n) is 10.9. The van der Waals surface area contributed by atoms with Crippen molar-refractivity contribution in [3.63, 3.8) is 0 Å². The molecule has 96 valence electrons. The van der Waals surface area contributed by atoms with Crippen molar-refractivity contribution in [3.05, 3.63) is 51.2 Å². The van der Waals surface area contributed by atoms with Gasteiger partial charge in [-0.3, -0.25) is 0 Å². The van der Waals surface area contributed by atoms with Crippen molar-refractivity contribution in [2.75, 3.05) is 7.11 Å². The Morgan fingerprint density at radius 1 is 1.28 bits per heavy atom. The average molecular weight is 325 g/mol. The lowest BCUT2D eigenvalue weighted by Gasteiger charge is -2.11. The molecule has 0 fully saturated rings. The highest BCUT2D eigenvalue weighted by Gasteiger charge is 2.13. The van der Waals surface area contributed by atoms with E-state index in [9.17, 15) is 0 Å². The highest BCUT2D eigenvalue weighted by molar-refractivity contribution is 9.09. The second-order valence-corrected chi connectivity index (χ2v) is 6.54. The molecular formula is C15H17BrOS. The van der Waals surface area contributed by atoms with Crippen molar-refractivity contribution in [2.24, 2.45) is 0 Å². The van der Waals surface area contributed by atoms with Crippen molar-refractivity contribution in [1.29, 1.82) is 0 Å². The minimum Gasteiger partial charge on any atom is -0.496 e. The van der Waals surface area contributed by atoms with E-state index in [-0.39, 0.29) is 0 Å². The van der Waals surface area contributed by atoms with E-state index in [2.05, 4.69) is 54.0 Å². The van der Waals surface area contributed by atoms with Crippen LogP contribution in [-0.2, 0) is 6.42 Å². The third-order valence-electron chi connectivity index (χ3n) is 3.04. The fraction of sp³-hybridized carbons (Fsp3) is 0.333. The van der Waals surface area contributed by atoms with Gasteiger partial charge in [-0.05, 0) is 37.5 Å². The van der Waals surface area contributed by atoms with Gasteiger partial charge in [-0.25, -0.2) is 0 Å². The van der Waals surface area contributed by atoms with Gasteiger partial charge in [-0.2, -0.15) is 0 Å². The summed E-state index contributed by atoms with van der Waals surface area (Å²) in [6.45, 7) is 4.31. The molecule has 0 amide bonds. The van der Waals surface area contributed by atoms with Gasteiger partial charge in [-0.1, -0.05) is 39.7 Å². The number of ether oxygens (including phenoxy) is 1. The van der Waals surface area contributed by atoms with Gasteiger partial charge in [0.1, 0.15) is 5.75 Å². The van der Waals surface area contributed by atoms with Crippen LogP contribution in [0.3, 0.4) is 0 Å². The number of halogens is 1. The van der Waals surface area contributed by atoms with E-state index in [0.717, 1.165) is 12.2 Å². The highest BCUT2D eigenvalue weighted by atomic mass is 79.9. The molecule has 0 aliphatic carbocycles. The van der Waals surface area contributed by atoms with E-state index < -0.39 is 0 Å². The lowest BCUT2D eigenvalue weighted by Crippen LogP contribution is -1.96. The number of aryl methyl sites for hydroxylation is 2. The highest BCUT2D eigenvalue weighted by Crippen LogP contribution is 2.35. The Kier molecular flexibility index (Phi) is 4.46. The Balaban J connectivity index is 2.15. The summed E-state index contributed by atoms with van der Waals surface area (Å²) in [6.07, 6.45) is 1.01. The predicted octanol–water partition coefficient (Wildman–Crippen LogP) is 5.05. The molecule has 0 bridgehead atoms. The number of thiophene rings is 1. The first kappa shape index (κ1) is 13.6. The molecule has 1 atom stereocenters. The predicted molar refractivity (Wildman–Crippen MR) is 82.2 cm³/mol. The van der Waals surface area contributed by atoms with Gasteiger partial charge in [0.05, 0.1) is 11.9 Å². The lowest BCUT2D eigenvalue weighted by molar-refractivity contribution is 0.416. The van der Waals surface area contributed by atoms with Crippen molar-refractivity contribution in [1.82, 2.24) is 0 Å². The molecule has 0 saturated heterocycles. The number of hydrogen-bond donors (Lipinski definition) is 0. The van der Waals surface area contributed by atoms with Gasteiger partial charge in [0, 0.05) is 10.3 Å². The van der Waals surface area contributed by atoms with Gasteiger partial charge < -0.3 is 4.74 Å². The number of hydrogen-bond acceptors (Lipinski definition) is 2. The fourth-order valence-electron chi connectivity index (χ4n) is 1.92. The maximum Gasteiger partial charge on any atom is 0.129 e. The first-order valence-electron chi connectivity index (χ1n) is 5.92. The Morgan fingerprint density at radius 2 is 2.06 bits per heavy atom. The van der Waals surface area contributed by atoms with Crippen molar-refractivity contribution in [2.45, 2.75) is 25.1 Å². The van der Waals surface area contributed by atoms with Gasteiger partial charge >= 0.3 is 0 Å². The molecule has 0 aliphatic heterocycles. The van der Waals surface area contributed by atoms with Crippen LogP contribution in [-0.4, -0.2) is 7.11 Å². The van der Waals surface area contributed by atoms with Crippen LogP contribution in [0.15, 0.2) is 29.6 Å². The van der Waals surface area contributed by atoms with Crippen LogP contribution >= 0.6 is 27.3 Å². The molecule has 0 saturated carbocycles. The molecule has 1 heterocycles. The standard InChI is InChI=1S/C15H17BrOS/c1-10-4-5-11(2)12(6-10)7-14(16)15-8-13(17-3)9-18-15/h4-6,8-9,14H,7H2,1-3H3. The van der Waals surface area contributed by atoms with Crippen molar-refractivity contribution >= 4 is 27.3 Å². The SMILES string of the molecule is COc1csc(C(Br)Cc2cc(C)ccc2C)c1. The maximum absolute atomic E-state index is 5.23. The quantitative estimate of drug-likeness (QED) is 0.715. The first-order chi connectivity index (χ1) is 8.60. The Morgan fingerprint density at radius 3 is 2.72 bits per heavy atom. The van der Waals surface area contributed by atoms with E-state index >= 15 is 0 Å². The van der Waals surface area contributed by atoms with E-state index in [1.54, 1.807) is 18.4 Å². The molecular weight excluding hydrogens is 308 g/mol. The molecule has 0 N–H and O–H groups in total. The zero-order chi connectivity index (χ0) is 13.1. The smallest absolute Gasteiger partial charge is 0.129 e. The summed E-state index contributed by atoms with van der Waals surface area (Å²) in [6, 6.07) is 8.74. The van der Waals surface area contributed by atoms with Crippen molar-refractivity contribution < 1.29 is 4.74 Å².